The quantitative estimate of drug-likeness (QED) is 0.838. The van der Waals surface area contributed by atoms with Gasteiger partial charge in [0.1, 0.15) is 5.76 Å². The summed E-state index contributed by atoms with van der Waals surface area (Å²) in [5.41, 5.74) is 2.52. The van der Waals surface area contributed by atoms with Crippen molar-refractivity contribution in [2.75, 3.05) is 6.54 Å². The summed E-state index contributed by atoms with van der Waals surface area (Å²) in [5.74, 6) is 1.05. The number of hydrogen-bond donors (Lipinski definition) is 1. The second-order valence-electron chi connectivity index (χ2n) is 4.81. The molecule has 0 radical (unpaired) electrons. The molecule has 0 fully saturated rings. The van der Waals surface area contributed by atoms with E-state index >= 15 is 0 Å². The SMILES string of the molecule is CCCNC(Cc1cccc(Br)c1)c1occc1C. The molecule has 0 saturated carbocycles. The van der Waals surface area contributed by atoms with Gasteiger partial charge in [0.15, 0.2) is 0 Å². The summed E-state index contributed by atoms with van der Waals surface area (Å²) in [6, 6.07) is 10.7. The predicted molar refractivity (Wildman–Crippen MR) is 82.3 cm³/mol. The highest BCUT2D eigenvalue weighted by molar-refractivity contribution is 9.10. The zero-order chi connectivity index (χ0) is 13.7. The van der Waals surface area contributed by atoms with Gasteiger partial charge in [-0.3, -0.25) is 0 Å². The fourth-order valence-electron chi connectivity index (χ4n) is 2.22. The largest absolute Gasteiger partial charge is 0.467 e. The fraction of sp³-hybridized carbons (Fsp3) is 0.375. The van der Waals surface area contributed by atoms with Gasteiger partial charge in [-0.05, 0) is 55.6 Å². The van der Waals surface area contributed by atoms with E-state index in [4.69, 9.17) is 4.42 Å². The van der Waals surface area contributed by atoms with Crippen molar-refractivity contribution in [1.29, 1.82) is 0 Å². The van der Waals surface area contributed by atoms with Gasteiger partial charge in [0.25, 0.3) is 0 Å². The molecule has 2 nitrogen and oxygen atoms in total. The molecule has 0 aliphatic rings. The van der Waals surface area contributed by atoms with Crippen molar-refractivity contribution in [3.63, 3.8) is 0 Å². The Labute approximate surface area is 123 Å². The third-order valence-electron chi connectivity index (χ3n) is 3.19. The zero-order valence-electron chi connectivity index (χ0n) is 11.4. The highest BCUT2D eigenvalue weighted by Crippen LogP contribution is 2.24. The summed E-state index contributed by atoms with van der Waals surface area (Å²) in [4.78, 5) is 0. The Bertz CT molecular complexity index is 521. The Morgan fingerprint density at radius 2 is 2.16 bits per heavy atom. The van der Waals surface area contributed by atoms with Crippen LogP contribution in [0.3, 0.4) is 0 Å². The van der Waals surface area contributed by atoms with Crippen LogP contribution in [-0.2, 0) is 6.42 Å². The van der Waals surface area contributed by atoms with Gasteiger partial charge in [0, 0.05) is 4.47 Å². The van der Waals surface area contributed by atoms with E-state index in [-0.39, 0.29) is 6.04 Å². The Balaban J connectivity index is 2.16. The summed E-state index contributed by atoms with van der Waals surface area (Å²) in [6.45, 7) is 5.28. The molecule has 0 amide bonds. The molecule has 0 aliphatic carbocycles. The minimum atomic E-state index is 0.240. The molecule has 3 heteroatoms. The Morgan fingerprint density at radius 3 is 2.79 bits per heavy atom. The predicted octanol–water partition coefficient (Wildman–Crippen LogP) is 4.63. The first kappa shape index (κ1) is 14.4. The smallest absolute Gasteiger partial charge is 0.123 e. The highest BCUT2D eigenvalue weighted by Gasteiger charge is 2.17. The maximum atomic E-state index is 5.65. The van der Waals surface area contributed by atoms with Gasteiger partial charge in [-0.1, -0.05) is 35.0 Å². The second kappa shape index (κ2) is 6.92. The number of furan rings is 1. The molecule has 2 rings (SSSR count). The third kappa shape index (κ3) is 3.95. The monoisotopic (exact) mass is 321 g/mol. The Hall–Kier alpha value is -1.06. The molecule has 1 aromatic carbocycles. The van der Waals surface area contributed by atoms with Crippen molar-refractivity contribution in [3.8, 4) is 0 Å². The van der Waals surface area contributed by atoms with Crippen LogP contribution in [-0.4, -0.2) is 6.54 Å². The van der Waals surface area contributed by atoms with Crippen molar-refractivity contribution in [1.82, 2.24) is 5.32 Å². The van der Waals surface area contributed by atoms with Crippen LogP contribution in [0.1, 0.15) is 36.3 Å². The summed E-state index contributed by atoms with van der Waals surface area (Å²) < 4.78 is 6.77. The van der Waals surface area contributed by atoms with Gasteiger partial charge >= 0.3 is 0 Å². The lowest BCUT2D eigenvalue weighted by atomic mass is 10.0. The molecular formula is C16H20BrNO. The molecule has 0 saturated heterocycles. The third-order valence-corrected chi connectivity index (χ3v) is 3.68. The van der Waals surface area contributed by atoms with Crippen LogP contribution in [0.4, 0.5) is 0 Å². The van der Waals surface area contributed by atoms with E-state index in [1.807, 2.05) is 6.07 Å². The number of nitrogens with one attached hydrogen (secondary N) is 1. The van der Waals surface area contributed by atoms with Crippen molar-refractivity contribution >= 4 is 15.9 Å². The zero-order valence-corrected chi connectivity index (χ0v) is 13.0. The second-order valence-corrected chi connectivity index (χ2v) is 5.72. The van der Waals surface area contributed by atoms with E-state index in [0.29, 0.717) is 0 Å². The van der Waals surface area contributed by atoms with Gasteiger partial charge in [0.2, 0.25) is 0 Å². The lowest BCUT2D eigenvalue weighted by Gasteiger charge is -2.17. The van der Waals surface area contributed by atoms with Crippen LogP contribution in [0.2, 0.25) is 0 Å². The van der Waals surface area contributed by atoms with E-state index in [1.54, 1.807) is 6.26 Å². The number of benzene rings is 1. The Kier molecular flexibility index (Phi) is 5.23. The van der Waals surface area contributed by atoms with Gasteiger partial charge in [-0.2, -0.15) is 0 Å². The standard InChI is InChI=1S/C16H20BrNO/c1-3-8-18-15(16-12(2)7-9-19-16)11-13-5-4-6-14(17)10-13/h4-7,9-10,15,18H,3,8,11H2,1-2H3. The topological polar surface area (TPSA) is 25.2 Å². The van der Waals surface area contributed by atoms with Gasteiger partial charge in [-0.15, -0.1) is 0 Å². The lowest BCUT2D eigenvalue weighted by Crippen LogP contribution is -2.24. The molecule has 0 aliphatic heterocycles. The number of aryl methyl sites for hydroxylation is 1. The van der Waals surface area contributed by atoms with Gasteiger partial charge < -0.3 is 9.73 Å². The van der Waals surface area contributed by atoms with Crippen LogP contribution in [0, 0.1) is 6.92 Å². The first-order chi connectivity index (χ1) is 9.20. The molecule has 0 bridgehead atoms. The van der Waals surface area contributed by atoms with Crippen LogP contribution in [0.15, 0.2) is 45.5 Å². The van der Waals surface area contributed by atoms with Crippen LogP contribution < -0.4 is 5.32 Å². The lowest BCUT2D eigenvalue weighted by molar-refractivity contribution is 0.408. The number of halogens is 1. The molecule has 102 valence electrons. The van der Waals surface area contributed by atoms with Crippen LogP contribution >= 0.6 is 15.9 Å². The minimum absolute atomic E-state index is 0.240. The first-order valence-electron chi connectivity index (χ1n) is 6.72. The molecular weight excluding hydrogens is 302 g/mol. The number of rotatable bonds is 6. The molecule has 1 heterocycles. The molecule has 1 atom stereocenters. The molecule has 1 aromatic heterocycles. The molecule has 2 aromatic rings. The Morgan fingerprint density at radius 1 is 1.32 bits per heavy atom. The summed E-state index contributed by atoms with van der Waals surface area (Å²) in [6.07, 6.45) is 3.83. The molecule has 1 N–H and O–H groups in total. The maximum Gasteiger partial charge on any atom is 0.123 e. The fourth-order valence-corrected chi connectivity index (χ4v) is 2.66. The van der Waals surface area contributed by atoms with Crippen LogP contribution in [0.5, 0.6) is 0 Å². The molecule has 19 heavy (non-hydrogen) atoms. The van der Waals surface area contributed by atoms with E-state index in [0.717, 1.165) is 29.6 Å². The summed E-state index contributed by atoms with van der Waals surface area (Å²) in [7, 11) is 0. The average molecular weight is 322 g/mol. The van der Waals surface area contributed by atoms with Crippen molar-refractivity contribution in [3.05, 3.63) is 58.0 Å². The van der Waals surface area contributed by atoms with E-state index in [1.165, 1.54) is 11.1 Å². The van der Waals surface area contributed by atoms with Crippen LogP contribution in [0.25, 0.3) is 0 Å². The van der Waals surface area contributed by atoms with Gasteiger partial charge in [-0.25, -0.2) is 0 Å². The summed E-state index contributed by atoms with van der Waals surface area (Å²) in [5, 5.41) is 3.57. The normalized spacial score (nSPS) is 12.6. The summed E-state index contributed by atoms with van der Waals surface area (Å²) >= 11 is 3.52. The highest BCUT2D eigenvalue weighted by atomic mass is 79.9. The minimum Gasteiger partial charge on any atom is -0.467 e. The molecule has 1 unspecified atom stereocenters. The van der Waals surface area contributed by atoms with Gasteiger partial charge in [0.05, 0.1) is 12.3 Å². The van der Waals surface area contributed by atoms with E-state index in [9.17, 15) is 0 Å². The molecule has 0 spiro atoms. The van der Waals surface area contributed by atoms with E-state index < -0.39 is 0 Å². The van der Waals surface area contributed by atoms with Crippen molar-refractivity contribution in [2.24, 2.45) is 0 Å². The maximum absolute atomic E-state index is 5.65. The van der Waals surface area contributed by atoms with E-state index in [2.05, 4.69) is 59.4 Å². The van der Waals surface area contributed by atoms with Crippen molar-refractivity contribution < 1.29 is 4.42 Å². The average Bonchev–Trinajstić information content (AvgIpc) is 2.81. The van der Waals surface area contributed by atoms with Crippen molar-refractivity contribution in [2.45, 2.75) is 32.7 Å². The number of hydrogen-bond acceptors (Lipinski definition) is 2. The first-order valence-corrected chi connectivity index (χ1v) is 7.51.